The Hall–Kier alpha value is -2.70. The summed E-state index contributed by atoms with van der Waals surface area (Å²) in [4.78, 5) is 36.6. The fourth-order valence-corrected chi connectivity index (χ4v) is 2.48. The minimum Gasteiger partial charge on any atom is -0.480 e. The molecule has 0 aromatic carbocycles. The number of fused-ring (bicyclic) bond motifs is 1. The van der Waals surface area contributed by atoms with Crippen LogP contribution in [0.3, 0.4) is 0 Å². The monoisotopic (exact) mass is 286 g/mol. The number of carbonyl (C=O) groups is 2. The highest BCUT2D eigenvalue weighted by Gasteiger charge is 2.36. The molecule has 0 saturated heterocycles. The van der Waals surface area contributed by atoms with Crippen molar-refractivity contribution in [1.82, 2.24) is 19.9 Å². The summed E-state index contributed by atoms with van der Waals surface area (Å²) in [5.74, 6) is -1.42. The number of carbonyl (C=O) groups excluding carboxylic acids is 1. The molecule has 1 aliphatic rings. The number of nitrogens with one attached hydrogen (secondary N) is 1. The van der Waals surface area contributed by atoms with E-state index in [0.717, 1.165) is 5.69 Å². The van der Waals surface area contributed by atoms with Crippen LogP contribution >= 0.6 is 0 Å². The maximum atomic E-state index is 12.6. The highest BCUT2D eigenvalue weighted by Crippen LogP contribution is 2.22. The summed E-state index contributed by atoms with van der Waals surface area (Å²) >= 11 is 0. The predicted molar refractivity (Wildman–Crippen MR) is 72.6 cm³/mol. The van der Waals surface area contributed by atoms with E-state index in [0.29, 0.717) is 11.4 Å². The van der Waals surface area contributed by atoms with Crippen LogP contribution in [0.1, 0.15) is 27.6 Å². The van der Waals surface area contributed by atoms with Crippen LogP contribution in [-0.4, -0.2) is 42.9 Å². The number of pyridine rings is 1. The minimum atomic E-state index is -1.04. The molecule has 7 heteroatoms. The highest BCUT2D eigenvalue weighted by atomic mass is 16.4. The van der Waals surface area contributed by atoms with Crippen molar-refractivity contribution in [3.05, 3.63) is 47.3 Å². The molecule has 1 atom stereocenters. The van der Waals surface area contributed by atoms with Gasteiger partial charge in [0.15, 0.2) is 0 Å². The van der Waals surface area contributed by atoms with E-state index in [4.69, 9.17) is 0 Å². The molecule has 21 heavy (non-hydrogen) atoms. The number of imidazole rings is 1. The van der Waals surface area contributed by atoms with Crippen molar-refractivity contribution in [3.8, 4) is 0 Å². The van der Waals surface area contributed by atoms with Gasteiger partial charge in [-0.05, 0) is 19.1 Å². The molecule has 0 fully saturated rings. The van der Waals surface area contributed by atoms with Crippen molar-refractivity contribution >= 4 is 11.9 Å². The first kappa shape index (κ1) is 13.3. The Labute approximate surface area is 120 Å². The lowest BCUT2D eigenvalue weighted by atomic mass is 10.0. The normalized spacial score (nSPS) is 17.4. The third-order valence-electron chi connectivity index (χ3n) is 3.55. The summed E-state index contributed by atoms with van der Waals surface area (Å²) in [5, 5.41) is 9.37. The summed E-state index contributed by atoms with van der Waals surface area (Å²) in [6, 6.07) is 4.19. The van der Waals surface area contributed by atoms with Crippen molar-refractivity contribution in [1.29, 1.82) is 0 Å². The number of carboxylic acids is 1. The molecular weight excluding hydrogens is 272 g/mol. The molecule has 2 aromatic rings. The molecular formula is C14H14N4O3. The average Bonchev–Trinajstić information content (AvgIpc) is 2.92. The molecule has 3 rings (SSSR count). The van der Waals surface area contributed by atoms with Gasteiger partial charge >= 0.3 is 5.97 Å². The van der Waals surface area contributed by atoms with Crippen LogP contribution in [0, 0.1) is 6.92 Å². The molecule has 1 unspecified atom stereocenters. The van der Waals surface area contributed by atoms with Gasteiger partial charge in [0.25, 0.3) is 5.91 Å². The van der Waals surface area contributed by atoms with E-state index in [9.17, 15) is 14.7 Å². The number of hydrogen-bond acceptors (Lipinski definition) is 4. The summed E-state index contributed by atoms with van der Waals surface area (Å²) in [6.07, 6.45) is 1.72. The molecule has 0 bridgehead atoms. The second-order valence-electron chi connectivity index (χ2n) is 4.98. The summed E-state index contributed by atoms with van der Waals surface area (Å²) in [7, 11) is 0. The van der Waals surface area contributed by atoms with E-state index >= 15 is 0 Å². The van der Waals surface area contributed by atoms with Gasteiger partial charge in [-0.2, -0.15) is 0 Å². The second kappa shape index (κ2) is 5.01. The first-order chi connectivity index (χ1) is 10.1. The summed E-state index contributed by atoms with van der Waals surface area (Å²) in [6.45, 7) is 1.98. The van der Waals surface area contributed by atoms with E-state index in [2.05, 4.69) is 15.0 Å². The molecule has 0 saturated carbocycles. The predicted octanol–water partition coefficient (Wildman–Crippen LogP) is 0.765. The summed E-state index contributed by atoms with van der Waals surface area (Å²) < 4.78 is 0. The number of amides is 1. The van der Waals surface area contributed by atoms with Gasteiger partial charge in [-0.3, -0.25) is 4.79 Å². The number of hydrogen-bond donors (Lipinski definition) is 2. The zero-order chi connectivity index (χ0) is 15.0. The lowest BCUT2D eigenvalue weighted by Gasteiger charge is -2.32. The van der Waals surface area contributed by atoms with Gasteiger partial charge in [0.2, 0.25) is 0 Å². The molecule has 1 amide bonds. The zero-order valence-electron chi connectivity index (χ0n) is 11.4. The average molecular weight is 286 g/mol. The van der Waals surface area contributed by atoms with Crippen LogP contribution in [0.25, 0.3) is 0 Å². The SMILES string of the molecule is Cc1cccc(C(=O)N2Cc3[nH]cnc3CC2C(=O)O)n1. The third-order valence-corrected chi connectivity index (χ3v) is 3.55. The van der Waals surface area contributed by atoms with E-state index in [-0.39, 0.29) is 24.6 Å². The van der Waals surface area contributed by atoms with Gasteiger partial charge in [0, 0.05) is 12.1 Å². The van der Waals surface area contributed by atoms with E-state index in [1.165, 1.54) is 11.2 Å². The van der Waals surface area contributed by atoms with Crippen LogP contribution < -0.4 is 0 Å². The second-order valence-corrected chi connectivity index (χ2v) is 4.98. The van der Waals surface area contributed by atoms with E-state index in [1.54, 1.807) is 25.1 Å². The number of carboxylic acid groups (broad SMARTS) is 1. The molecule has 1 aliphatic heterocycles. The van der Waals surface area contributed by atoms with Crippen LogP contribution in [0.4, 0.5) is 0 Å². The Morgan fingerprint density at radius 1 is 1.43 bits per heavy atom. The van der Waals surface area contributed by atoms with Crippen molar-refractivity contribution in [2.24, 2.45) is 0 Å². The Kier molecular flexibility index (Phi) is 3.17. The largest absolute Gasteiger partial charge is 0.480 e. The smallest absolute Gasteiger partial charge is 0.326 e. The standard InChI is InChI=1S/C14H14N4O3/c1-8-3-2-4-9(17-8)13(19)18-6-11-10(15-7-16-11)5-12(18)14(20)21/h2-4,7,12H,5-6H2,1H3,(H,15,16)(H,20,21). The number of rotatable bonds is 2. The first-order valence-corrected chi connectivity index (χ1v) is 6.55. The number of aryl methyl sites for hydroxylation is 1. The van der Waals surface area contributed by atoms with E-state index < -0.39 is 12.0 Å². The molecule has 3 heterocycles. The fraction of sp³-hybridized carbons (Fsp3) is 0.286. The summed E-state index contributed by atoms with van der Waals surface area (Å²) in [5.41, 5.74) is 2.44. The van der Waals surface area contributed by atoms with Crippen LogP contribution in [0.5, 0.6) is 0 Å². The molecule has 108 valence electrons. The van der Waals surface area contributed by atoms with Gasteiger partial charge in [0.1, 0.15) is 11.7 Å². The molecule has 0 spiro atoms. The zero-order valence-corrected chi connectivity index (χ0v) is 11.4. The van der Waals surface area contributed by atoms with Crippen LogP contribution in [0.2, 0.25) is 0 Å². The van der Waals surface area contributed by atoms with Gasteiger partial charge in [-0.25, -0.2) is 14.8 Å². The van der Waals surface area contributed by atoms with Crippen molar-refractivity contribution in [3.63, 3.8) is 0 Å². The van der Waals surface area contributed by atoms with Crippen LogP contribution in [0.15, 0.2) is 24.5 Å². The van der Waals surface area contributed by atoms with E-state index in [1.807, 2.05) is 0 Å². The number of aromatic amines is 1. The number of nitrogens with zero attached hydrogens (tertiary/aromatic N) is 3. The topological polar surface area (TPSA) is 99.2 Å². The Balaban J connectivity index is 1.95. The molecule has 0 radical (unpaired) electrons. The van der Waals surface area contributed by atoms with Crippen LogP contribution in [-0.2, 0) is 17.8 Å². The van der Waals surface area contributed by atoms with Gasteiger partial charge < -0.3 is 15.0 Å². The number of aliphatic carboxylic acids is 1. The van der Waals surface area contributed by atoms with Crippen molar-refractivity contribution in [2.75, 3.05) is 0 Å². The van der Waals surface area contributed by atoms with Gasteiger partial charge in [-0.15, -0.1) is 0 Å². The Morgan fingerprint density at radius 3 is 2.95 bits per heavy atom. The molecule has 2 N–H and O–H groups in total. The van der Waals surface area contributed by atoms with Crippen molar-refractivity contribution in [2.45, 2.75) is 25.9 Å². The fourth-order valence-electron chi connectivity index (χ4n) is 2.48. The molecule has 0 aliphatic carbocycles. The quantitative estimate of drug-likeness (QED) is 0.849. The Morgan fingerprint density at radius 2 is 2.24 bits per heavy atom. The molecule has 2 aromatic heterocycles. The third kappa shape index (κ3) is 2.37. The lowest BCUT2D eigenvalue weighted by Crippen LogP contribution is -2.49. The number of H-pyrrole nitrogens is 1. The minimum absolute atomic E-state index is 0.195. The van der Waals surface area contributed by atoms with Gasteiger partial charge in [-0.1, -0.05) is 6.07 Å². The maximum Gasteiger partial charge on any atom is 0.326 e. The first-order valence-electron chi connectivity index (χ1n) is 6.55. The maximum absolute atomic E-state index is 12.6. The van der Waals surface area contributed by atoms with Gasteiger partial charge in [0.05, 0.1) is 24.3 Å². The molecule has 7 nitrogen and oxygen atoms in total. The highest BCUT2D eigenvalue weighted by molar-refractivity contribution is 5.95. The number of aromatic nitrogens is 3. The lowest BCUT2D eigenvalue weighted by molar-refractivity contribution is -0.142. The Bertz CT molecular complexity index is 710. The van der Waals surface area contributed by atoms with Crippen molar-refractivity contribution < 1.29 is 14.7 Å².